The van der Waals surface area contributed by atoms with Crippen LogP contribution < -0.4 is 10.3 Å². The van der Waals surface area contributed by atoms with Crippen LogP contribution in [0.5, 0.6) is 5.75 Å². The van der Waals surface area contributed by atoms with Crippen LogP contribution in [0.25, 0.3) is 5.65 Å². The van der Waals surface area contributed by atoms with E-state index in [0.717, 1.165) is 29.1 Å². The number of aromatic nitrogens is 3. The zero-order valence-electron chi connectivity index (χ0n) is 14.9. The van der Waals surface area contributed by atoms with Crippen LogP contribution >= 0.6 is 11.6 Å². The molecule has 6 heteroatoms. The topological polar surface area (TPSA) is 48.5 Å². The molecule has 0 saturated carbocycles. The van der Waals surface area contributed by atoms with Gasteiger partial charge in [-0.15, -0.1) is 0 Å². The van der Waals surface area contributed by atoms with E-state index in [4.69, 9.17) is 16.3 Å². The number of fused-ring (bicyclic) bond motifs is 1. The molecule has 0 saturated heterocycles. The average Bonchev–Trinajstić information content (AvgIpc) is 2.98. The standard InChI is InChI=1S/C19H22ClN3O2/c1-12(2)9-16-17(20)23-13(3)10-21-18(23)19(24)22(16)11-14-5-7-15(25-4)8-6-14/h5-8,10,12H,9,11H2,1-4H3. The zero-order chi connectivity index (χ0) is 18.1. The number of halogens is 1. The number of imidazole rings is 1. The lowest BCUT2D eigenvalue weighted by Crippen LogP contribution is -2.28. The molecule has 0 radical (unpaired) electrons. The lowest BCUT2D eigenvalue weighted by atomic mass is 10.1. The van der Waals surface area contributed by atoms with Crippen molar-refractivity contribution in [2.45, 2.75) is 33.7 Å². The molecule has 0 fully saturated rings. The van der Waals surface area contributed by atoms with E-state index in [0.29, 0.717) is 23.3 Å². The summed E-state index contributed by atoms with van der Waals surface area (Å²) in [6, 6.07) is 7.70. The monoisotopic (exact) mass is 359 g/mol. The number of nitrogens with zero attached hydrogens (tertiary/aromatic N) is 3. The molecule has 3 rings (SSSR count). The van der Waals surface area contributed by atoms with E-state index in [1.54, 1.807) is 22.3 Å². The molecular formula is C19H22ClN3O2. The molecule has 0 spiro atoms. The minimum atomic E-state index is -0.121. The molecule has 0 N–H and O–H groups in total. The summed E-state index contributed by atoms with van der Waals surface area (Å²) in [7, 11) is 1.63. The van der Waals surface area contributed by atoms with Gasteiger partial charge in [0.25, 0.3) is 5.56 Å². The highest BCUT2D eigenvalue weighted by Crippen LogP contribution is 2.22. The Morgan fingerprint density at radius 3 is 2.52 bits per heavy atom. The Morgan fingerprint density at radius 2 is 1.92 bits per heavy atom. The van der Waals surface area contributed by atoms with Crippen LogP contribution in [0.3, 0.4) is 0 Å². The Bertz CT molecular complexity index is 955. The molecule has 2 heterocycles. The highest BCUT2D eigenvalue weighted by atomic mass is 35.5. The van der Waals surface area contributed by atoms with Crippen LogP contribution in [-0.4, -0.2) is 21.1 Å². The van der Waals surface area contributed by atoms with Gasteiger partial charge in [-0.1, -0.05) is 37.6 Å². The molecule has 0 aliphatic carbocycles. The van der Waals surface area contributed by atoms with Gasteiger partial charge in [0.15, 0.2) is 0 Å². The number of hydrogen-bond acceptors (Lipinski definition) is 3. The molecule has 0 unspecified atom stereocenters. The first kappa shape index (κ1) is 17.5. The molecule has 0 atom stereocenters. The molecule has 0 aliphatic heterocycles. The van der Waals surface area contributed by atoms with Gasteiger partial charge in [0.05, 0.1) is 19.3 Å². The summed E-state index contributed by atoms with van der Waals surface area (Å²) in [5, 5.41) is 0.562. The number of benzene rings is 1. The fraction of sp³-hybridized carbons (Fsp3) is 0.368. The van der Waals surface area contributed by atoms with E-state index >= 15 is 0 Å². The van der Waals surface area contributed by atoms with Crippen molar-refractivity contribution in [1.82, 2.24) is 14.0 Å². The number of aryl methyl sites for hydroxylation is 1. The Hall–Kier alpha value is -2.27. The first-order valence-corrected chi connectivity index (χ1v) is 8.68. The SMILES string of the molecule is COc1ccc(Cn2c(CC(C)C)c(Cl)n3c(C)cnc3c2=O)cc1. The lowest BCUT2D eigenvalue weighted by molar-refractivity contribution is 0.414. The third-order valence-corrected chi connectivity index (χ3v) is 4.62. The van der Waals surface area contributed by atoms with Gasteiger partial charge < -0.3 is 9.30 Å². The summed E-state index contributed by atoms with van der Waals surface area (Å²) >= 11 is 6.67. The Labute approximate surface area is 151 Å². The third kappa shape index (κ3) is 3.29. The smallest absolute Gasteiger partial charge is 0.294 e. The van der Waals surface area contributed by atoms with E-state index in [1.807, 2.05) is 31.2 Å². The summed E-state index contributed by atoms with van der Waals surface area (Å²) in [4.78, 5) is 17.3. The second-order valence-electron chi connectivity index (χ2n) is 6.63. The van der Waals surface area contributed by atoms with Crippen molar-refractivity contribution < 1.29 is 4.74 Å². The summed E-state index contributed by atoms with van der Waals surface area (Å²) in [5.41, 5.74) is 2.95. The molecule has 0 bridgehead atoms. The van der Waals surface area contributed by atoms with Gasteiger partial charge in [-0.3, -0.25) is 9.20 Å². The summed E-state index contributed by atoms with van der Waals surface area (Å²) in [6.45, 7) is 6.58. The maximum absolute atomic E-state index is 13.0. The Balaban J connectivity index is 2.17. The largest absolute Gasteiger partial charge is 0.497 e. The maximum Gasteiger partial charge on any atom is 0.294 e. The average molecular weight is 360 g/mol. The predicted molar refractivity (Wildman–Crippen MR) is 99.8 cm³/mol. The molecule has 0 amide bonds. The van der Waals surface area contributed by atoms with Crippen molar-refractivity contribution in [3.05, 3.63) is 62.9 Å². The maximum atomic E-state index is 13.0. The zero-order valence-corrected chi connectivity index (χ0v) is 15.7. The van der Waals surface area contributed by atoms with Crippen LogP contribution in [0.4, 0.5) is 0 Å². The van der Waals surface area contributed by atoms with Crippen LogP contribution in [0, 0.1) is 12.8 Å². The van der Waals surface area contributed by atoms with Crippen molar-refractivity contribution in [1.29, 1.82) is 0 Å². The van der Waals surface area contributed by atoms with Gasteiger partial charge >= 0.3 is 0 Å². The summed E-state index contributed by atoms with van der Waals surface area (Å²) in [6.07, 6.45) is 2.40. The fourth-order valence-corrected chi connectivity index (χ4v) is 3.37. The Morgan fingerprint density at radius 1 is 1.24 bits per heavy atom. The number of hydrogen-bond donors (Lipinski definition) is 0. The second kappa shape index (κ2) is 6.92. The van der Waals surface area contributed by atoms with Gasteiger partial charge in [0.1, 0.15) is 10.9 Å². The van der Waals surface area contributed by atoms with E-state index < -0.39 is 0 Å². The van der Waals surface area contributed by atoms with Crippen LogP contribution in [0.1, 0.15) is 30.8 Å². The van der Waals surface area contributed by atoms with Crippen molar-refractivity contribution in [2.75, 3.05) is 7.11 Å². The van der Waals surface area contributed by atoms with Gasteiger partial charge in [-0.25, -0.2) is 4.98 Å². The second-order valence-corrected chi connectivity index (χ2v) is 6.99. The first-order valence-electron chi connectivity index (χ1n) is 8.30. The molecule has 132 valence electrons. The number of ether oxygens (including phenoxy) is 1. The fourth-order valence-electron chi connectivity index (χ4n) is 2.98. The van der Waals surface area contributed by atoms with Crippen LogP contribution in [-0.2, 0) is 13.0 Å². The van der Waals surface area contributed by atoms with Crippen molar-refractivity contribution in [3.63, 3.8) is 0 Å². The third-order valence-electron chi connectivity index (χ3n) is 4.24. The van der Waals surface area contributed by atoms with Gasteiger partial charge in [0, 0.05) is 11.9 Å². The van der Waals surface area contributed by atoms with Crippen molar-refractivity contribution in [2.24, 2.45) is 5.92 Å². The van der Waals surface area contributed by atoms with Crippen molar-refractivity contribution in [3.8, 4) is 5.75 Å². The van der Waals surface area contributed by atoms with Crippen LogP contribution in [0.15, 0.2) is 35.3 Å². The molecule has 2 aromatic heterocycles. The lowest BCUT2D eigenvalue weighted by Gasteiger charge is -2.18. The van der Waals surface area contributed by atoms with Gasteiger partial charge in [-0.05, 0) is 37.0 Å². The first-order chi connectivity index (χ1) is 11.9. The predicted octanol–water partition coefficient (Wildman–Crippen LogP) is 3.71. The molecule has 3 aromatic rings. The highest BCUT2D eigenvalue weighted by molar-refractivity contribution is 6.30. The molecule has 1 aromatic carbocycles. The minimum absolute atomic E-state index is 0.121. The van der Waals surface area contributed by atoms with Crippen LogP contribution in [0.2, 0.25) is 5.15 Å². The van der Waals surface area contributed by atoms with E-state index in [9.17, 15) is 4.79 Å². The number of rotatable bonds is 5. The minimum Gasteiger partial charge on any atom is -0.497 e. The van der Waals surface area contributed by atoms with Gasteiger partial charge in [-0.2, -0.15) is 0 Å². The molecule has 0 aliphatic rings. The summed E-state index contributed by atoms with van der Waals surface area (Å²) < 4.78 is 8.68. The molecule has 5 nitrogen and oxygen atoms in total. The summed E-state index contributed by atoms with van der Waals surface area (Å²) in [5.74, 6) is 1.16. The van der Waals surface area contributed by atoms with E-state index in [1.165, 1.54) is 0 Å². The molecule has 25 heavy (non-hydrogen) atoms. The quantitative estimate of drug-likeness (QED) is 0.697. The van der Waals surface area contributed by atoms with E-state index in [-0.39, 0.29) is 5.56 Å². The number of methoxy groups -OCH3 is 1. The highest BCUT2D eigenvalue weighted by Gasteiger charge is 2.19. The molecular weight excluding hydrogens is 338 g/mol. The van der Waals surface area contributed by atoms with Crippen molar-refractivity contribution >= 4 is 17.2 Å². The van der Waals surface area contributed by atoms with E-state index in [2.05, 4.69) is 18.8 Å². The van der Waals surface area contributed by atoms with Gasteiger partial charge in [0.2, 0.25) is 5.65 Å². The Kier molecular flexibility index (Phi) is 4.86. The normalized spacial score (nSPS) is 11.4.